The zero-order chi connectivity index (χ0) is 26.5. The van der Waals surface area contributed by atoms with E-state index in [2.05, 4.69) is 83.5 Å². The van der Waals surface area contributed by atoms with Crippen molar-refractivity contribution in [2.45, 2.75) is 65.1 Å². The van der Waals surface area contributed by atoms with Crippen LogP contribution >= 0.6 is 0 Å². The molecule has 0 spiro atoms. The first-order chi connectivity index (χ1) is 18.4. The van der Waals surface area contributed by atoms with Crippen LogP contribution in [-0.2, 0) is 24.3 Å². The minimum atomic E-state index is 0.218. The maximum atomic E-state index is 12.9. The molecule has 1 saturated heterocycles. The minimum absolute atomic E-state index is 0.218. The highest BCUT2D eigenvalue weighted by molar-refractivity contribution is 5.81. The van der Waals surface area contributed by atoms with Gasteiger partial charge in [0.15, 0.2) is 0 Å². The number of aromatic nitrogens is 2. The fourth-order valence-electron chi connectivity index (χ4n) is 5.77. The summed E-state index contributed by atoms with van der Waals surface area (Å²) < 4.78 is 0. The summed E-state index contributed by atoms with van der Waals surface area (Å²) in [6.07, 6.45) is 6.12. The number of nitrogens with one attached hydrogen (secondary N) is 1. The number of piperidine rings is 1. The molecule has 0 atom stereocenters. The molecule has 1 fully saturated rings. The second-order valence-electron chi connectivity index (χ2n) is 11.4. The summed E-state index contributed by atoms with van der Waals surface area (Å²) in [7, 11) is 2.14. The van der Waals surface area contributed by atoms with Crippen LogP contribution in [0.1, 0.15) is 62.0 Å². The van der Waals surface area contributed by atoms with Crippen LogP contribution in [-0.4, -0.2) is 58.3 Å². The Morgan fingerprint density at radius 2 is 1.68 bits per heavy atom. The smallest absolute Gasteiger partial charge is 0.136 e. The molecular weight excluding hydrogens is 470 g/mol. The van der Waals surface area contributed by atoms with E-state index in [9.17, 15) is 4.79 Å². The van der Waals surface area contributed by atoms with Gasteiger partial charge in [-0.05, 0) is 94.7 Å². The van der Waals surface area contributed by atoms with Crippen LogP contribution in [0.3, 0.4) is 0 Å². The third kappa shape index (κ3) is 7.06. The molecule has 3 aromatic rings. The average molecular weight is 512 g/mol. The Hall–Kier alpha value is -3.09. The van der Waals surface area contributed by atoms with Crippen molar-refractivity contribution in [3.63, 3.8) is 0 Å². The van der Waals surface area contributed by atoms with Gasteiger partial charge in [0.05, 0.1) is 5.69 Å². The first-order valence-corrected chi connectivity index (χ1v) is 14.2. The summed E-state index contributed by atoms with van der Waals surface area (Å²) in [5.74, 6) is 1.51. The van der Waals surface area contributed by atoms with Crippen molar-refractivity contribution in [2.75, 3.05) is 32.0 Å². The predicted molar refractivity (Wildman–Crippen MR) is 154 cm³/mol. The monoisotopic (exact) mass is 511 g/mol. The third-order valence-corrected chi connectivity index (χ3v) is 7.69. The third-order valence-electron chi connectivity index (χ3n) is 7.69. The molecule has 5 aliphatic rings. The highest BCUT2D eigenvalue weighted by Crippen LogP contribution is 2.25. The van der Waals surface area contributed by atoms with E-state index >= 15 is 0 Å². The second kappa shape index (κ2) is 12.2. The molecule has 6 nitrogen and oxygen atoms in total. The molecule has 200 valence electrons. The molecule has 0 aliphatic carbocycles. The first-order valence-electron chi connectivity index (χ1n) is 14.2. The van der Waals surface area contributed by atoms with Crippen LogP contribution in [0.5, 0.6) is 0 Å². The number of benzene rings is 2. The maximum absolute atomic E-state index is 12.9. The van der Waals surface area contributed by atoms with E-state index in [1.54, 1.807) is 0 Å². The summed E-state index contributed by atoms with van der Waals surface area (Å²) >= 11 is 0. The van der Waals surface area contributed by atoms with Crippen LogP contribution in [0.4, 0.5) is 5.69 Å². The predicted octanol–water partition coefficient (Wildman–Crippen LogP) is 5.56. The lowest BCUT2D eigenvalue weighted by atomic mass is 9.90. The van der Waals surface area contributed by atoms with Crippen molar-refractivity contribution in [2.24, 2.45) is 5.92 Å². The quantitative estimate of drug-likeness (QED) is 0.486. The van der Waals surface area contributed by atoms with Crippen LogP contribution in [0.2, 0.25) is 0 Å². The highest BCUT2D eigenvalue weighted by atomic mass is 16.1. The van der Waals surface area contributed by atoms with Gasteiger partial charge in [0.2, 0.25) is 0 Å². The zero-order valence-corrected chi connectivity index (χ0v) is 23.1. The van der Waals surface area contributed by atoms with Gasteiger partial charge in [-0.2, -0.15) is 0 Å². The number of carbonyl (C=O) groups is 1. The Bertz CT molecular complexity index is 1230. The van der Waals surface area contributed by atoms with Crippen molar-refractivity contribution in [3.05, 3.63) is 77.2 Å². The topological polar surface area (TPSA) is 61.4 Å². The molecular formula is C32H41N5O. The van der Waals surface area contributed by atoms with E-state index in [4.69, 9.17) is 4.98 Å². The number of anilines is 1. The van der Waals surface area contributed by atoms with E-state index < -0.39 is 0 Å². The summed E-state index contributed by atoms with van der Waals surface area (Å²) in [5, 5.41) is 3.59. The van der Waals surface area contributed by atoms with Crippen LogP contribution in [0.25, 0.3) is 11.3 Å². The van der Waals surface area contributed by atoms with Crippen molar-refractivity contribution in [1.82, 2.24) is 19.8 Å². The Labute approximate surface area is 227 Å². The first kappa shape index (κ1) is 26.5. The van der Waals surface area contributed by atoms with Gasteiger partial charge in [-0.3, -0.25) is 9.69 Å². The Morgan fingerprint density at radius 1 is 0.921 bits per heavy atom. The van der Waals surface area contributed by atoms with E-state index in [-0.39, 0.29) is 5.92 Å². The van der Waals surface area contributed by atoms with Crippen LogP contribution in [0.15, 0.2) is 54.7 Å². The number of hydrogen-bond donors (Lipinski definition) is 1. The number of carbonyl (C=O) groups excluding carboxylic acids is 1. The van der Waals surface area contributed by atoms with Gasteiger partial charge < -0.3 is 10.2 Å². The second-order valence-corrected chi connectivity index (χ2v) is 11.4. The van der Waals surface area contributed by atoms with E-state index in [1.165, 1.54) is 16.7 Å². The molecule has 8 rings (SSSR count). The molecule has 8 bridgehead atoms. The molecule has 0 amide bonds. The van der Waals surface area contributed by atoms with Crippen molar-refractivity contribution < 1.29 is 4.79 Å². The van der Waals surface area contributed by atoms with Crippen molar-refractivity contribution >= 4 is 11.5 Å². The van der Waals surface area contributed by atoms with Gasteiger partial charge >= 0.3 is 0 Å². The number of hydrogen-bond acceptors (Lipinski definition) is 6. The minimum Gasteiger partial charge on any atom is -0.383 e. The van der Waals surface area contributed by atoms with Crippen molar-refractivity contribution in [3.8, 4) is 11.3 Å². The SMILES string of the molecule is CC(C)Nc1cc2cc(c1)CN1CCC(CC1)C(=O)CCCN(C)Cc1ccc(cc1)-c1ccnc(n1)C2. The number of rotatable bonds is 2. The van der Waals surface area contributed by atoms with Gasteiger partial charge in [-0.25, -0.2) is 9.97 Å². The molecule has 0 radical (unpaired) electrons. The zero-order valence-electron chi connectivity index (χ0n) is 23.1. The fraction of sp³-hybridized carbons (Fsp3) is 0.469. The summed E-state index contributed by atoms with van der Waals surface area (Å²) in [4.78, 5) is 27.3. The summed E-state index contributed by atoms with van der Waals surface area (Å²) in [6, 6.07) is 17.8. The highest BCUT2D eigenvalue weighted by Gasteiger charge is 2.25. The van der Waals surface area contributed by atoms with Crippen molar-refractivity contribution in [1.29, 1.82) is 0 Å². The summed E-state index contributed by atoms with van der Waals surface area (Å²) in [5.41, 5.74) is 6.99. The molecule has 2 aromatic carbocycles. The van der Waals surface area contributed by atoms with Gasteiger partial charge in [0.1, 0.15) is 11.6 Å². The lowest BCUT2D eigenvalue weighted by molar-refractivity contribution is -0.124. The Morgan fingerprint density at radius 3 is 2.45 bits per heavy atom. The van der Waals surface area contributed by atoms with Crippen LogP contribution < -0.4 is 5.32 Å². The number of Topliss-reactive ketones (excluding diaryl/α,β-unsaturated/α-hetero) is 1. The normalized spacial score (nSPS) is 21.2. The molecule has 1 aromatic heterocycles. The molecule has 5 aliphatic heterocycles. The molecule has 6 heteroatoms. The average Bonchev–Trinajstić information content (AvgIpc) is 2.89. The molecule has 0 unspecified atom stereocenters. The molecule has 0 saturated carbocycles. The van der Waals surface area contributed by atoms with E-state index in [0.717, 1.165) is 74.8 Å². The molecule has 38 heavy (non-hydrogen) atoms. The lowest BCUT2D eigenvalue weighted by Crippen LogP contribution is -2.36. The fourth-order valence-corrected chi connectivity index (χ4v) is 5.77. The molecule has 6 heterocycles. The van der Waals surface area contributed by atoms with Gasteiger partial charge in [-0.1, -0.05) is 30.3 Å². The Kier molecular flexibility index (Phi) is 8.50. The summed E-state index contributed by atoms with van der Waals surface area (Å²) in [6.45, 7) is 9.02. The largest absolute Gasteiger partial charge is 0.383 e. The lowest BCUT2D eigenvalue weighted by Gasteiger charge is -2.31. The standard InChI is InChI=1S/C32H41N5O/c1-23(2)34-29-18-25-17-26(19-29)22-37-15-11-28(12-16-37)31(38)5-4-14-36(3)21-24-6-8-27(9-7-24)30-10-13-33-32(20-25)35-30/h6-10,13,17-19,23,28,34H,4-5,11-12,14-16,20-22H2,1-3H3. The maximum Gasteiger partial charge on any atom is 0.136 e. The van der Waals surface area contributed by atoms with Gasteiger partial charge in [-0.15, -0.1) is 0 Å². The number of ketones is 1. The van der Waals surface area contributed by atoms with Crippen LogP contribution in [0, 0.1) is 5.92 Å². The Balaban J connectivity index is 1.44. The van der Waals surface area contributed by atoms with E-state index in [1.807, 2.05) is 12.3 Å². The van der Waals surface area contributed by atoms with Gasteiger partial charge in [0.25, 0.3) is 0 Å². The van der Waals surface area contributed by atoms with E-state index in [0.29, 0.717) is 24.7 Å². The van der Waals surface area contributed by atoms with Gasteiger partial charge in [0, 0.05) is 55.3 Å². The molecule has 1 N–H and O–H groups in total. The number of nitrogens with zero attached hydrogens (tertiary/aromatic N) is 4.